The van der Waals surface area contributed by atoms with Crippen LogP contribution in [0.25, 0.3) is 0 Å². The van der Waals surface area contributed by atoms with Crippen molar-refractivity contribution in [3.8, 4) is 0 Å². The van der Waals surface area contributed by atoms with E-state index in [2.05, 4.69) is 10.6 Å². The van der Waals surface area contributed by atoms with Crippen LogP contribution in [0.3, 0.4) is 0 Å². The summed E-state index contributed by atoms with van der Waals surface area (Å²) in [6.07, 6.45) is 0.665. The lowest BCUT2D eigenvalue weighted by atomic mass is 9.93. The fourth-order valence-corrected chi connectivity index (χ4v) is 2.11. The third kappa shape index (κ3) is 3.50. The first-order chi connectivity index (χ1) is 9.34. The van der Waals surface area contributed by atoms with Crippen molar-refractivity contribution < 1.29 is 14.7 Å². The van der Waals surface area contributed by atoms with E-state index in [-0.39, 0.29) is 0 Å². The molecule has 2 amide bonds. The maximum atomic E-state index is 12.0. The van der Waals surface area contributed by atoms with Crippen molar-refractivity contribution in [2.45, 2.75) is 46.1 Å². The Kier molecular flexibility index (Phi) is 5.13. The number of rotatable bonds is 5. The van der Waals surface area contributed by atoms with E-state index in [0.717, 1.165) is 11.1 Å². The van der Waals surface area contributed by atoms with Crippen LogP contribution in [-0.2, 0) is 4.79 Å². The van der Waals surface area contributed by atoms with Crippen molar-refractivity contribution in [3.63, 3.8) is 0 Å². The van der Waals surface area contributed by atoms with Crippen molar-refractivity contribution in [1.82, 2.24) is 5.32 Å². The highest BCUT2D eigenvalue weighted by molar-refractivity contribution is 5.94. The van der Waals surface area contributed by atoms with Crippen molar-refractivity contribution in [2.24, 2.45) is 0 Å². The fourth-order valence-electron chi connectivity index (χ4n) is 2.11. The molecule has 0 aromatic heterocycles. The van der Waals surface area contributed by atoms with Crippen molar-refractivity contribution >= 4 is 17.7 Å². The van der Waals surface area contributed by atoms with Gasteiger partial charge in [0.25, 0.3) is 0 Å². The summed E-state index contributed by atoms with van der Waals surface area (Å²) in [5.41, 5.74) is 1.51. The minimum Gasteiger partial charge on any atom is -0.480 e. The number of aliphatic carboxylic acids is 1. The SMILES string of the molecule is CCC(CC)(NC(=O)Nc1ccc(C)cc1C)C(=O)O. The molecule has 20 heavy (non-hydrogen) atoms. The van der Waals surface area contributed by atoms with Crippen LogP contribution >= 0.6 is 0 Å². The van der Waals surface area contributed by atoms with Gasteiger partial charge in [0.2, 0.25) is 0 Å². The van der Waals surface area contributed by atoms with Gasteiger partial charge >= 0.3 is 12.0 Å². The van der Waals surface area contributed by atoms with Crippen LogP contribution < -0.4 is 10.6 Å². The number of anilines is 1. The normalized spacial score (nSPS) is 11.0. The number of carboxylic acid groups (broad SMARTS) is 1. The lowest BCUT2D eigenvalue weighted by molar-refractivity contribution is -0.144. The second-order valence-electron chi connectivity index (χ2n) is 4.99. The third-order valence-electron chi connectivity index (χ3n) is 3.60. The van der Waals surface area contributed by atoms with E-state index >= 15 is 0 Å². The molecule has 0 radical (unpaired) electrons. The summed E-state index contributed by atoms with van der Waals surface area (Å²) in [6.45, 7) is 7.36. The summed E-state index contributed by atoms with van der Waals surface area (Å²) in [7, 11) is 0. The van der Waals surface area contributed by atoms with E-state index in [4.69, 9.17) is 0 Å². The number of hydrogen-bond donors (Lipinski definition) is 3. The molecule has 1 aromatic carbocycles. The maximum Gasteiger partial charge on any atom is 0.329 e. The summed E-state index contributed by atoms with van der Waals surface area (Å²) in [5.74, 6) is -1.02. The molecular formula is C15H22N2O3. The van der Waals surface area contributed by atoms with Gasteiger partial charge < -0.3 is 15.7 Å². The molecule has 110 valence electrons. The molecule has 0 saturated carbocycles. The van der Waals surface area contributed by atoms with E-state index in [0.29, 0.717) is 18.5 Å². The lowest BCUT2D eigenvalue weighted by Gasteiger charge is -2.28. The van der Waals surface area contributed by atoms with Gasteiger partial charge in [-0.3, -0.25) is 0 Å². The predicted octanol–water partition coefficient (Wildman–Crippen LogP) is 3.07. The zero-order chi connectivity index (χ0) is 15.3. The first-order valence-corrected chi connectivity index (χ1v) is 6.74. The molecular weight excluding hydrogens is 256 g/mol. The van der Waals surface area contributed by atoms with Gasteiger partial charge in [-0.25, -0.2) is 9.59 Å². The van der Waals surface area contributed by atoms with Crippen LogP contribution in [0.15, 0.2) is 18.2 Å². The van der Waals surface area contributed by atoms with E-state index in [1.165, 1.54) is 0 Å². The van der Waals surface area contributed by atoms with E-state index in [1.807, 2.05) is 32.0 Å². The summed E-state index contributed by atoms with van der Waals surface area (Å²) >= 11 is 0. The molecule has 0 aliphatic rings. The average Bonchev–Trinajstić information content (AvgIpc) is 2.39. The largest absolute Gasteiger partial charge is 0.480 e. The van der Waals surface area contributed by atoms with E-state index < -0.39 is 17.5 Å². The van der Waals surface area contributed by atoms with Crippen LogP contribution in [0.5, 0.6) is 0 Å². The van der Waals surface area contributed by atoms with Gasteiger partial charge in [0.15, 0.2) is 0 Å². The minimum absolute atomic E-state index is 0.332. The van der Waals surface area contributed by atoms with Crippen LogP contribution in [0.4, 0.5) is 10.5 Å². The molecule has 0 unspecified atom stereocenters. The lowest BCUT2D eigenvalue weighted by Crippen LogP contribution is -2.55. The average molecular weight is 278 g/mol. The van der Waals surface area contributed by atoms with Crippen LogP contribution in [0, 0.1) is 13.8 Å². The molecule has 0 fully saturated rings. The van der Waals surface area contributed by atoms with E-state index in [1.54, 1.807) is 13.8 Å². The quantitative estimate of drug-likeness (QED) is 0.774. The molecule has 0 bridgehead atoms. The number of nitrogens with one attached hydrogen (secondary N) is 2. The molecule has 0 aliphatic heterocycles. The first kappa shape index (κ1) is 16.0. The maximum absolute atomic E-state index is 12.0. The van der Waals surface area contributed by atoms with Gasteiger partial charge in [0.1, 0.15) is 5.54 Å². The number of carbonyl (C=O) groups excluding carboxylic acids is 1. The zero-order valence-electron chi connectivity index (χ0n) is 12.4. The number of hydrogen-bond acceptors (Lipinski definition) is 2. The van der Waals surface area contributed by atoms with E-state index in [9.17, 15) is 14.7 Å². The highest BCUT2D eigenvalue weighted by Crippen LogP contribution is 2.18. The molecule has 0 aliphatic carbocycles. The standard InChI is InChI=1S/C15H22N2O3/c1-5-15(6-2,13(18)19)17-14(20)16-12-8-7-10(3)9-11(12)4/h7-9H,5-6H2,1-4H3,(H,18,19)(H2,16,17,20). The van der Waals surface area contributed by atoms with Gasteiger partial charge in [0.05, 0.1) is 0 Å². The summed E-state index contributed by atoms with van der Waals surface area (Å²) in [5, 5.41) is 14.6. The molecule has 0 atom stereocenters. The Labute approximate surface area is 119 Å². The molecule has 1 rings (SSSR count). The second-order valence-corrected chi connectivity index (χ2v) is 4.99. The van der Waals surface area contributed by atoms with Crippen molar-refractivity contribution in [1.29, 1.82) is 0 Å². The monoisotopic (exact) mass is 278 g/mol. The zero-order valence-corrected chi connectivity index (χ0v) is 12.4. The van der Waals surface area contributed by atoms with Gasteiger partial charge in [-0.15, -0.1) is 0 Å². The molecule has 5 heteroatoms. The number of aryl methyl sites for hydroxylation is 2. The van der Waals surface area contributed by atoms with Crippen LogP contribution in [0.1, 0.15) is 37.8 Å². The fraction of sp³-hybridized carbons (Fsp3) is 0.467. The second kappa shape index (κ2) is 6.41. The number of benzene rings is 1. The predicted molar refractivity (Wildman–Crippen MR) is 79.0 cm³/mol. The number of amides is 2. The minimum atomic E-state index is -1.22. The van der Waals surface area contributed by atoms with Crippen molar-refractivity contribution in [3.05, 3.63) is 29.3 Å². The Morgan fingerprint density at radius 2 is 1.80 bits per heavy atom. The molecule has 5 nitrogen and oxygen atoms in total. The Bertz CT molecular complexity index is 508. The van der Waals surface area contributed by atoms with Gasteiger partial charge in [-0.05, 0) is 38.3 Å². The molecule has 1 aromatic rings. The summed E-state index contributed by atoms with van der Waals surface area (Å²) in [4.78, 5) is 23.3. The smallest absolute Gasteiger partial charge is 0.329 e. The molecule has 0 heterocycles. The highest BCUT2D eigenvalue weighted by atomic mass is 16.4. The Morgan fingerprint density at radius 1 is 1.20 bits per heavy atom. The van der Waals surface area contributed by atoms with Gasteiger partial charge in [-0.1, -0.05) is 31.5 Å². The molecule has 0 spiro atoms. The Hall–Kier alpha value is -2.04. The number of urea groups is 1. The summed E-state index contributed by atoms with van der Waals surface area (Å²) in [6, 6.07) is 5.17. The molecule has 3 N–H and O–H groups in total. The molecule has 0 saturated heterocycles. The van der Waals surface area contributed by atoms with Crippen LogP contribution in [0.2, 0.25) is 0 Å². The van der Waals surface area contributed by atoms with Gasteiger partial charge in [0, 0.05) is 5.69 Å². The number of carboxylic acids is 1. The van der Waals surface area contributed by atoms with Crippen LogP contribution in [-0.4, -0.2) is 22.6 Å². The number of carbonyl (C=O) groups is 2. The Balaban J connectivity index is 2.83. The van der Waals surface area contributed by atoms with Gasteiger partial charge in [-0.2, -0.15) is 0 Å². The summed E-state index contributed by atoms with van der Waals surface area (Å²) < 4.78 is 0. The van der Waals surface area contributed by atoms with Crippen molar-refractivity contribution in [2.75, 3.05) is 5.32 Å². The first-order valence-electron chi connectivity index (χ1n) is 6.74. The third-order valence-corrected chi connectivity index (χ3v) is 3.60. The Morgan fingerprint density at radius 3 is 2.25 bits per heavy atom. The highest BCUT2D eigenvalue weighted by Gasteiger charge is 2.36. The topological polar surface area (TPSA) is 78.4 Å².